The number of pyridine rings is 1. The van der Waals surface area contributed by atoms with Gasteiger partial charge in [0.15, 0.2) is 0 Å². The molecule has 41 heavy (non-hydrogen) atoms. The highest BCUT2D eigenvalue weighted by atomic mass is 35.5. The Bertz CT molecular complexity index is 1420. The van der Waals surface area contributed by atoms with Crippen molar-refractivity contribution in [2.75, 3.05) is 25.4 Å². The standard InChI is InChI=1S/C29H39ClN4O5S2/c1-21-5-2-8-28(30)29(21)41(37,38)33-15-3-6-22(33)7-4-16-40(35,36)32-19-25(20-32)34-23-9-10-24(34)18-27(17-23)39-26-11-13-31-14-12-26/h2,5,8,11-14,22-25,27H,3-4,6-7,9-10,15-20H2,1H3/t22-,23-,24+,27-/m0/s1. The lowest BCUT2D eigenvalue weighted by molar-refractivity contribution is -0.0147. The second-order valence-electron chi connectivity index (χ2n) is 12.0. The number of piperidine rings is 1. The predicted octanol–water partition coefficient (Wildman–Crippen LogP) is 4.07. The zero-order valence-electron chi connectivity index (χ0n) is 23.4. The van der Waals surface area contributed by atoms with Crippen LogP contribution in [0, 0.1) is 6.92 Å². The smallest absolute Gasteiger partial charge is 0.245 e. The molecule has 0 spiro atoms. The van der Waals surface area contributed by atoms with Crippen LogP contribution in [0.15, 0.2) is 47.6 Å². The van der Waals surface area contributed by atoms with Crippen LogP contribution in [0.1, 0.15) is 56.9 Å². The van der Waals surface area contributed by atoms with Gasteiger partial charge in [-0.05, 0) is 82.1 Å². The lowest BCUT2D eigenvalue weighted by Crippen LogP contribution is -2.65. The fourth-order valence-electron chi connectivity index (χ4n) is 7.40. The number of aryl methyl sites for hydroxylation is 1. The fraction of sp³-hybridized carbons (Fsp3) is 0.621. The molecule has 4 aliphatic heterocycles. The van der Waals surface area contributed by atoms with E-state index in [4.69, 9.17) is 16.3 Å². The van der Waals surface area contributed by atoms with E-state index >= 15 is 0 Å². The highest BCUT2D eigenvalue weighted by Gasteiger charge is 2.49. The molecule has 9 nitrogen and oxygen atoms in total. The molecular weight excluding hydrogens is 584 g/mol. The first-order valence-corrected chi connectivity index (χ1v) is 18.1. The Balaban J connectivity index is 0.996. The van der Waals surface area contributed by atoms with E-state index in [0.717, 1.165) is 44.3 Å². The highest BCUT2D eigenvalue weighted by molar-refractivity contribution is 7.89. The summed E-state index contributed by atoms with van der Waals surface area (Å²) in [4.78, 5) is 6.79. The van der Waals surface area contributed by atoms with Gasteiger partial charge in [0.2, 0.25) is 20.0 Å². The molecule has 4 atom stereocenters. The van der Waals surface area contributed by atoms with Gasteiger partial charge in [-0.2, -0.15) is 8.61 Å². The zero-order chi connectivity index (χ0) is 28.8. The summed E-state index contributed by atoms with van der Waals surface area (Å²) in [5, 5.41) is 0.226. The maximum absolute atomic E-state index is 13.5. The molecule has 0 N–H and O–H groups in total. The van der Waals surface area contributed by atoms with Gasteiger partial charge in [-0.15, -0.1) is 0 Å². The number of hydrogen-bond acceptors (Lipinski definition) is 7. The van der Waals surface area contributed by atoms with Crippen LogP contribution in [-0.2, 0) is 20.0 Å². The molecule has 0 radical (unpaired) electrons. The average Bonchev–Trinajstić information content (AvgIpc) is 3.46. The molecule has 2 aromatic rings. The van der Waals surface area contributed by atoms with Crippen molar-refractivity contribution in [2.24, 2.45) is 0 Å². The van der Waals surface area contributed by atoms with Crippen LogP contribution in [0.3, 0.4) is 0 Å². The van der Waals surface area contributed by atoms with Crippen molar-refractivity contribution in [1.29, 1.82) is 0 Å². The van der Waals surface area contributed by atoms with Crippen LogP contribution in [0.25, 0.3) is 0 Å². The van der Waals surface area contributed by atoms with Gasteiger partial charge in [0, 0.05) is 56.2 Å². The van der Waals surface area contributed by atoms with Gasteiger partial charge >= 0.3 is 0 Å². The van der Waals surface area contributed by atoms with Crippen molar-refractivity contribution < 1.29 is 21.6 Å². The SMILES string of the molecule is Cc1cccc(Cl)c1S(=O)(=O)N1CCC[C@H]1CCCS(=O)(=O)N1CC(N2[C@@H]3CC[C@H]2C[C@H](Oc2ccncc2)C3)C1. The van der Waals surface area contributed by atoms with Crippen molar-refractivity contribution in [1.82, 2.24) is 18.5 Å². The van der Waals surface area contributed by atoms with Crippen LogP contribution in [0.5, 0.6) is 5.75 Å². The maximum Gasteiger partial charge on any atom is 0.245 e. The van der Waals surface area contributed by atoms with E-state index in [0.29, 0.717) is 50.1 Å². The Labute approximate surface area is 248 Å². The first-order chi connectivity index (χ1) is 19.6. The molecule has 6 rings (SSSR count). The summed E-state index contributed by atoms with van der Waals surface area (Å²) in [6.45, 7) is 3.27. The molecule has 0 saturated carbocycles. The maximum atomic E-state index is 13.5. The van der Waals surface area contributed by atoms with Gasteiger partial charge in [-0.1, -0.05) is 23.7 Å². The van der Waals surface area contributed by atoms with Crippen LogP contribution < -0.4 is 4.74 Å². The summed E-state index contributed by atoms with van der Waals surface area (Å²) < 4.78 is 62.6. The van der Waals surface area contributed by atoms with E-state index in [1.54, 1.807) is 41.8 Å². The minimum Gasteiger partial charge on any atom is -0.490 e. The summed E-state index contributed by atoms with van der Waals surface area (Å²) >= 11 is 6.29. The molecule has 1 aromatic carbocycles. The summed E-state index contributed by atoms with van der Waals surface area (Å²) in [6.07, 6.45) is 10.3. The number of sulfonamides is 2. The van der Waals surface area contributed by atoms with Crippen LogP contribution in [0.4, 0.5) is 0 Å². The molecule has 4 fully saturated rings. The predicted molar refractivity (Wildman–Crippen MR) is 158 cm³/mol. The van der Waals surface area contributed by atoms with Crippen LogP contribution >= 0.6 is 11.6 Å². The quantitative estimate of drug-likeness (QED) is 0.394. The number of fused-ring (bicyclic) bond motifs is 2. The highest BCUT2D eigenvalue weighted by Crippen LogP contribution is 2.41. The number of halogens is 1. The van der Waals surface area contributed by atoms with Gasteiger partial charge in [0.05, 0.1) is 10.8 Å². The first kappa shape index (κ1) is 29.3. The first-order valence-electron chi connectivity index (χ1n) is 14.7. The minimum atomic E-state index is -3.75. The van der Waals surface area contributed by atoms with E-state index < -0.39 is 20.0 Å². The normalized spacial score (nSPS) is 28.1. The minimum absolute atomic E-state index is 0.0456. The summed E-state index contributed by atoms with van der Waals surface area (Å²) in [5.41, 5.74) is 0.622. The van der Waals surface area contributed by atoms with Gasteiger partial charge in [0.1, 0.15) is 16.7 Å². The molecule has 224 valence electrons. The molecule has 4 saturated heterocycles. The molecule has 0 amide bonds. The summed E-state index contributed by atoms with van der Waals surface area (Å²) in [5.74, 6) is 0.903. The zero-order valence-corrected chi connectivity index (χ0v) is 25.8. The van der Waals surface area contributed by atoms with Gasteiger partial charge in [-0.25, -0.2) is 16.8 Å². The number of rotatable bonds is 10. The van der Waals surface area contributed by atoms with E-state index in [9.17, 15) is 16.8 Å². The topological polar surface area (TPSA) is 100 Å². The molecule has 4 aliphatic rings. The monoisotopic (exact) mass is 622 g/mol. The molecule has 1 aromatic heterocycles. The largest absolute Gasteiger partial charge is 0.490 e. The number of benzene rings is 1. The number of aromatic nitrogens is 1. The molecule has 0 unspecified atom stereocenters. The number of nitrogens with zero attached hydrogens (tertiary/aromatic N) is 4. The lowest BCUT2D eigenvalue weighted by atomic mass is 9.95. The Morgan fingerprint density at radius 2 is 1.68 bits per heavy atom. The second-order valence-corrected chi connectivity index (χ2v) is 16.3. The molecule has 12 heteroatoms. The fourth-order valence-corrected chi connectivity index (χ4v) is 11.5. The molecule has 0 aliphatic carbocycles. The van der Waals surface area contributed by atoms with E-state index in [1.165, 1.54) is 4.31 Å². The van der Waals surface area contributed by atoms with Crippen LogP contribution in [0.2, 0.25) is 5.02 Å². The molecular formula is C29H39ClN4O5S2. The van der Waals surface area contributed by atoms with E-state index in [-0.39, 0.29) is 33.9 Å². The third-order valence-electron chi connectivity index (χ3n) is 9.34. The third-order valence-corrected chi connectivity index (χ3v) is 13.8. The Kier molecular flexibility index (Phi) is 8.39. The lowest BCUT2D eigenvalue weighted by Gasteiger charge is -2.50. The molecule has 2 bridgehead atoms. The number of hydrogen-bond donors (Lipinski definition) is 0. The van der Waals surface area contributed by atoms with Crippen molar-refractivity contribution >= 4 is 31.6 Å². The van der Waals surface area contributed by atoms with E-state index in [1.807, 2.05) is 12.1 Å². The van der Waals surface area contributed by atoms with Crippen molar-refractivity contribution in [3.05, 3.63) is 53.3 Å². The van der Waals surface area contributed by atoms with Gasteiger partial charge in [-0.3, -0.25) is 9.88 Å². The van der Waals surface area contributed by atoms with Crippen molar-refractivity contribution in [3.63, 3.8) is 0 Å². The molecule has 5 heterocycles. The van der Waals surface area contributed by atoms with Crippen molar-refractivity contribution in [2.45, 2.75) is 93.5 Å². The van der Waals surface area contributed by atoms with E-state index in [2.05, 4.69) is 9.88 Å². The average molecular weight is 623 g/mol. The summed E-state index contributed by atoms with van der Waals surface area (Å²) in [6, 6.07) is 9.82. The summed E-state index contributed by atoms with van der Waals surface area (Å²) in [7, 11) is -7.13. The Morgan fingerprint density at radius 3 is 2.37 bits per heavy atom. The second kappa shape index (κ2) is 11.7. The van der Waals surface area contributed by atoms with Crippen LogP contribution in [-0.4, -0.2) is 91.0 Å². The van der Waals surface area contributed by atoms with Gasteiger partial charge in [0.25, 0.3) is 0 Å². The number of ether oxygens (including phenoxy) is 1. The Morgan fingerprint density at radius 1 is 0.976 bits per heavy atom. The Hall–Kier alpha value is -1.76. The van der Waals surface area contributed by atoms with Gasteiger partial charge < -0.3 is 4.74 Å². The van der Waals surface area contributed by atoms with Crippen molar-refractivity contribution in [3.8, 4) is 5.75 Å². The third kappa shape index (κ3) is 5.90.